The van der Waals surface area contributed by atoms with Crippen LogP contribution >= 0.6 is 11.8 Å². The Labute approximate surface area is 82.3 Å². The summed E-state index contributed by atoms with van der Waals surface area (Å²) in [6.07, 6.45) is 4.17. The zero-order valence-corrected chi connectivity index (χ0v) is 8.26. The lowest BCUT2D eigenvalue weighted by atomic mass is 10.1. The van der Waals surface area contributed by atoms with Crippen LogP contribution in [-0.2, 0) is 0 Å². The zero-order chi connectivity index (χ0) is 8.93. The van der Waals surface area contributed by atoms with Gasteiger partial charge in [0.15, 0.2) is 0 Å². The highest BCUT2D eigenvalue weighted by Crippen LogP contribution is 2.19. The molecule has 1 N–H and O–H groups in total. The second kappa shape index (κ2) is 4.46. The van der Waals surface area contributed by atoms with E-state index in [-0.39, 0.29) is 0 Å². The molecule has 13 heavy (non-hydrogen) atoms. The Morgan fingerprint density at radius 1 is 1.38 bits per heavy atom. The van der Waals surface area contributed by atoms with E-state index < -0.39 is 0 Å². The lowest BCUT2D eigenvalue weighted by Gasteiger charge is -2.22. The number of hydrogen-bond donors (Lipinski definition) is 1. The van der Waals surface area contributed by atoms with Crippen LogP contribution in [0.5, 0.6) is 0 Å². The van der Waals surface area contributed by atoms with Crippen LogP contribution in [0.3, 0.4) is 0 Å². The quantitative estimate of drug-likeness (QED) is 0.780. The summed E-state index contributed by atoms with van der Waals surface area (Å²) in [6.45, 7) is 0. The lowest BCUT2D eigenvalue weighted by Crippen LogP contribution is -2.24. The molecular weight excluding hydrogens is 182 g/mol. The van der Waals surface area contributed by atoms with Crippen LogP contribution in [0.1, 0.15) is 12.8 Å². The number of rotatable bonds is 2. The minimum absolute atomic E-state index is 0.595. The number of thioether (sulfide) groups is 1. The van der Waals surface area contributed by atoms with E-state index in [0.717, 1.165) is 5.82 Å². The van der Waals surface area contributed by atoms with Gasteiger partial charge in [-0.1, -0.05) is 0 Å². The van der Waals surface area contributed by atoms with Gasteiger partial charge in [0.1, 0.15) is 5.82 Å². The lowest BCUT2D eigenvalue weighted by molar-refractivity contribution is 0.662. The number of aromatic nitrogens is 2. The van der Waals surface area contributed by atoms with Gasteiger partial charge in [0.25, 0.3) is 0 Å². The van der Waals surface area contributed by atoms with Crippen LogP contribution in [-0.4, -0.2) is 27.7 Å². The van der Waals surface area contributed by atoms with E-state index in [1.54, 1.807) is 6.20 Å². The van der Waals surface area contributed by atoms with Crippen LogP contribution in [0, 0.1) is 0 Å². The molecule has 0 radical (unpaired) electrons. The molecule has 0 spiro atoms. The van der Waals surface area contributed by atoms with Crippen molar-refractivity contribution in [2.45, 2.75) is 18.9 Å². The molecule has 0 saturated carbocycles. The Morgan fingerprint density at radius 3 is 2.92 bits per heavy atom. The Morgan fingerprint density at radius 2 is 2.23 bits per heavy atom. The van der Waals surface area contributed by atoms with E-state index in [2.05, 4.69) is 15.5 Å². The second-order valence-electron chi connectivity index (χ2n) is 3.14. The molecule has 1 aliphatic heterocycles. The maximum absolute atomic E-state index is 4.00. The normalized spacial score (nSPS) is 18.5. The molecule has 3 nitrogen and oxygen atoms in total. The Kier molecular flexibility index (Phi) is 3.02. The standard InChI is InChI=1S/C9H13N3S/c1-2-9(12-10-5-1)11-8-3-6-13-7-4-8/h1-2,5,8H,3-4,6-7H2,(H,11,12). The van der Waals surface area contributed by atoms with Crippen molar-refractivity contribution in [3.05, 3.63) is 18.3 Å². The number of hydrogen-bond acceptors (Lipinski definition) is 4. The maximum atomic E-state index is 4.00. The predicted octanol–water partition coefficient (Wildman–Crippen LogP) is 1.78. The van der Waals surface area contributed by atoms with Gasteiger partial charge in [-0.3, -0.25) is 0 Å². The van der Waals surface area contributed by atoms with E-state index in [9.17, 15) is 0 Å². The first-order chi connectivity index (χ1) is 6.45. The van der Waals surface area contributed by atoms with E-state index in [1.807, 2.05) is 23.9 Å². The summed E-state index contributed by atoms with van der Waals surface area (Å²) in [7, 11) is 0. The topological polar surface area (TPSA) is 37.8 Å². The highest BCUT2D eigenvalue weighted by Gasteiger charge is 2.13. The SMILES string of the molecule is c1cnnc(NC2CCSCC2)c1. The molecule has 1 saturated heterocycles. The van der Waals surface area contributed by atoms with Crippen LogP contribution in [0.4, 0.5) is 5.82 Å². The monoisotopic (exact) mass is 195 g/mol. The summed E-state index contributed by atoms with van der Waals surface area (Å²) in [4.78, 5) is 0. The van der Waals surface area contributed by atoms with Gasteiger partial charge in [-0.25, -0.2) is 0 Å². The third-order valence-corrected chi connectivity index (χ3v) is 3.19. The molecule has 0 atom stereocenters. The Hall–Kier alpha value is -0.770. The molecule has 0 aliphatic carbocycles. The van der Waals surface area contributed by atoms with E-state index in [0.29, 0.717) is 6.04 Å². The van der Waals surface area contributed by atoms with Gasteiger partial charge in [-0.15, -0.1) is 5.10 Å². The van der Waals surface area contributed by atoms with Crippen molar-refractivity contribution in [2.75, 3.05) is 16.8 Å². The van der Waals surface area contributed by atoms with Crippen molar-refractivity contribution in [1.82, 2.24) is 10.2 Å². The molecule has 4 heteroatoms. The summed E-state index contributed by atoms with van der Waals surface area (Å²) >= 11 is 2.03. The van der Waals surface area contributed by atoms with Gasteiger partial charge in [0, 0.05) is 12.2 Å². The average molecular weight is 195 g/mol. The van der Waals surface area contributed by atoms with Crippen LogP contribution < -0.4 is 5.32 Å². The summed E-state index contributed by atoms with van der Waals surface area (Å²) in [6, 6.07) is 4.47. The Bertz CT molecular complexity index is 246. The van der Waals surface area contributed by atoms with Gasteiger partial charge in [-0.2, -0.15) is 16.9 Å². The number of nitrogens with one attached hydrogen (secondary N) is 1. The molecule has 2 rings (SSSR count). The smallest absolute Gasteiger partial charge is 0.148 e. The fourth-order valence-corrected chi connectivity index (χ4v) is 2.54. The fraction of sp³-hybridized carbons (Fsp3) is 0.556. The van der Waals surface area contributed by atoms with Gasteiger partial charge in [0.2, 0.25) is 0 Å². The van der Waals surface area contributed by atoms with Crippen molar-refractivity contribution in [3.8, 4) is 0 Å². The molecule has 1 aromatic heterocycles. The van der Waals surface area contributed by atoms with Gasteiger partial charge in [0.05, 0.1) is 0 Å². The molecule has 70 valence electrons. The third kappa shape index (κ3) is 2.59. The van der Waals surface area contributed by atoms with Crippen molar-refractivity contribution in [2.24, 2.45) is 0 Å². The molecule has 1 aromatic rings. The largest absolute Gasteiger partial charge is 0.366 e. The second-order valence-corrected chi connectivity index (χ2v) is 4.36. The first-order valence-corrected chi connectivity index (χ1v) is 5.72. The summed E-state index contributed by atoms with van der Waals surface area (Å²) in [5.74, 6) is 3.43. The van der Waals surface area contributed by atoms with Gasteiger partial charge < -0.3 is 5.32 Å². The number of nitrogens with zero attached hydrogens (tertiary/aromatic N) is 2. The first kappa shape index (κ1) is 8.81. The van der Waals surface area contributed by atoms with E-state index in [4.69, 9.17) is 0 Å². The minimum Gasteiger partial charge on any atom is -0.366 e. The van der Waals surface area contributed by atoms with Crippen molar-refractivity contribution < 1.29 is 0 Å². The highest BCUT2D eigenvalue weighted by molar-refractivity contribution is 7.99. The van der Waals surface area contributed by atoms with E-state index in [1.165, 1.54) is 24.3 Å². The van der Waals surface area contributed by atoms with Crippen molar-refractivity contribution in [3.63, 3.8) is 0 Å². The van der Waals surface area contributed by atoms with E-state index >= 15 is 0 Å². The number of anilines is 1. The predicted molar refractivity (Wildman–Crippen MR) is 56.0 cm³/mol. The van der Waals surface area contributed by atoms with Crippen LogP contribution in [0.25, 0.3) is 0 Å². The summed E-state index contributed by atoms with van der Waals surface area (Å²) in [5, 5.41) is 11.2. The van der Waals surface area contributed by atoms with Crippen molar-refractivity contribution in [1.29, 1.82) is 0 Å². The van der Waals surface area contributed by atoms with Gasteiger partial charge >= 0.3 is 0 Å². The molecule has 1 aliphatic rings. The molecule has 1 fully saturated rings. The minimum atomic E-state index is 0.595. The molecule has 0 bridgehead atoms. The van der Waals surface area contributed by atoms with Crippen LogP contribution in [0.2, 0.25) is 0 Å². The zero-order valence-electron chi connectivity index (χ0n) is 7.44. The molecule has 0 aromatic carbocycles. The Balaban J connectivity index is 1.90. The third-order valence-electron chi connectivity index (χ3n) is 2.15. The molecular formula is C9H13N3S. The van der Waals surface area contributed by atoms with Gasteiger partial charge in [-0.05, 0) is 36.5 Å². The highest BCUT2D eigenvalue weighted by atomic mass is 32.2. The maximum Gasteiger partial charge on any atom is 0.148 e. The first-order valence-electron chi connectivity index (χ1n) is 4.57. The molecule has 0 amide bonds. The van der Waals surface area contributed by atoms with Crippen molar-refractivity contribution >= 4 is 17.6 Å². The molecule has 0 unspecified atom stereocenters. The summed E-state index contributed by atoms with van der Waals surface area (Å²) < 4.78 is 0. The summed E-state index contributed by atoms with van der Waals surface area (Å²) in [5.41, 5.74) is 0. The molecule has 2 heterocycles. The average Bonchev–Trinajstić information content (AvgIpc) is 2.21. The van der Waals surface area contributed by atoms with Crippen LogP contribution in [0.15, 0.2) is 18.3 Å². The fourth-order valence-electron chi connectivity index (χ4n) is 1.43.